The highest BCUT2D eigenvalue weighted by atomic mass is 16.5. The molecule has 1 amide bonds. The van der Waals surface area contributed by atoms with Gasteiger partial charge in [-0.1, -0.05) is 19.3 Å². The largest absolute Gasteiger partial charge is 0.492 e. The van der Waals surface area contributed by atoms with E-state index in [0.717, 1.165) is 51.1 Å². The van der Waals surface area contributed by atoms with Crippen molar-refractivity contribution in [3.8, 4) is 5.75 Å². The van der Waals surface area contributed by atoms with Crippen LogP contribution in [0.3, 0.4) is 0 Å². The number of amides is 1. The molecule has 0 unspecified atom stereocenters. The number of imidazole rings is 1. The zero-order chi connectivity index (χ0) is 22.3. The van der Waals surface area contributed by atoms with E-state index in [4.69, 9.17) is 4.74 Å². The molecule has 2 aromatic rings. The van der Waals surface area contributed by atoms with Gasteiger partial charge in [-0.25, -0.2) is 4.98 Å². The second kappa shape index (κ2) is 11.0. The van der Waals surface area contributed by atoms with Gasteiger partial charge in [0.15, 0.2) is 0 Å². The Morgan fingerprint density at radius 1 is 1.12 bits per heavy atom. The first-order valence-electron chi connectivity index (χ1n) is 12.0. The van der Waals surface area contributed by atoms with E-state index >= 15 is 0 Å². The molecule has 1 aliphatic carbocycles. The third kappa shape index (κ3) is 5.51. The van der Waals surface area contributed by atoms with Crippen LogP contribution in [0.4, 0.5) is 0 Å². The fraction of sp³-hybridized carbons (Fsp3) is 0.600. The lowest BCUT2D eigenvalue weighted by Gasteiger charge is -2.34. The molecule has 2 fully saturated rings. The first-order chi connectivity index (χ1) is 15.6. The maximum Gasteiger partial charge on any atom is 0.253 e. The number of carbonyl (C=O) groups excluding carboxylic acids is 1. The number of benzene rings is 1. The number of carbonyl (C=O) groups is 1. The lowest BCUT2D eigenvalue weighted by molar-refractivity contribution is 0.0229. The summed E-state index contributed by atoms with van der Waals surface area (Å²) < 4.78 is 7.86. The summed E-state index contributed by atoms with van der Waals surface area (Å²) in [6.45, 7) is 3.94. The summed E-state index contributed by atoms with van der Waals surface area (Å²) in [6, 6.07) is 7.11. The molecule has 1 saturated carbocycles. The number of hydrogen-bond donors (Lipinski definition) is 1. The number of rotatable bonds is 7. The van der Waals surface area contributed by atoms with E-state index in [2.05, 4.69) is 9.88 Å². The molecular formula is C25H36N4O3. The molecule has 4 rings (SSSR count). The first-order valence-corrected chi connectivity index (χ1v) is 12.0. The van der Waals surface area contributed by atoms with Gasteiger partial charge in [-0.05, 0) is 63.0 Å². The second-order valence-corrected chi connectivity index (χ2v) is 9.11. The van der Waals surface area contributed by atoms with Crippen LogP contribution in [-0.2, 0) is 0 Å². The summed E-state index contributed by atoms with van der Waals surface area (Å²) in [5.74, 6) is 0.719. The minimum atomic E-state index is -0.627. The predicted octanol–water partition coefficient (Wildman–Crippen LogP) is 3.36. The van der Waals surface area contributed by atoms with Gasteiger partial charge in [-0.3, -0.25) is 9.69 Å². The third-order valence-electron chi connectivity index (χ3n) is 6.99. The van der Waals surface area contributed by atoms with Gasteiger partial charge in [0.25, 0.3) is 5.91 Å². The standard InChI is InChI=1S/C25H36N4O3/c1-27(22-7-3-4-8-23(24(22)30)29-16-13-26-19-29)25(31)20-9-11-21(12-10-20)32-18-17-28-14-5-2-6-15-28/h9-13,16,19,22-24,30H,2-8,14-15,17-18H2,1H3/t22-,23-,24-/m1/s1. The molecule has 174 valence electrons. The van der Waals surface area contributed by atoms with Gasteiger partial charge in [0.1, 0.15) is 12.4 Å². The minimum absolute atomic E-state index is 0.0593. The number of nitrogens with zero attached hydrogens (tertiary/aromatic N) is 4. The average molecular weight is 441 g/mol. The Morgan fingerprint density at radius 2 is 1.88 bits per heavy atom. The Bertz CT molecular complexity index is 833. The van der Waals surface area contributed by atoms with Crippen molar-refractivity contribution in [2.75, 3.05) is 33.3 Å². The molecule has 1 aromatic carbocycles. The van der Waals surface area contributed by atoms with Crippen LogP contribution in [0.25, 0.3) is 0 Å². The fourth-order valence-electron chi connectivity index (χ4n) is 5.04. The quantitative estimate of drug-likeness (QED) is 0.669. The van der Waals surface area contributed by atoms with E-state index in [0.29, 0.717) is 12.2 Å². The summed E-state index contributed by atoms with van der Waals surface area (Å²) in [6.07, 6.45) is 12.4. The Labute approximate surface area is 191 Å². The molecule has 1 saturated heterocycles. The predicted molar refractivity (Wildman–Crippen MR) is 124 cm³/mol. The van der Waals surface area contributed by atoms with E-state index in [1.165, 1.54) is 19.3 Å². The van der Waals surface area contributed by atoms with E-state index in [9.17, 15) is 9.90 Å². The highest BCUT2D eigenvalue weighted by molar-refractivity contribution is 5.94. The maximum atomic E-state index is 13.2. The molecule has 0 bridgehead atoms. The van der Waals surface area contributed by atoms with Gasteiger partial charge in [-0.15, -0.1) is 0 Å². The highest BCUT2D eigenvalue weighted by Crippen LogP contribution is 2.31. The molecule has 3 atom stereocenters. The van der Waals surface area contributed by atoms with Crippen LogP contribution >= 0.6 is 0 Å². The molecule has 32 heavy (non-hydrogen) atoms. The van der Waals surface area contributed by atoms with E-state index in [1.54, 1.807) is 24.5 Å². The fourth-order valence-corrected chi connectivity index (χ4v) is 5.04. The zero-order valence-electron chi connectivity index (χ0n) is 19.1. The molecule has 7 nitrogen and oxygen atoms in total. The Hall–Kier alpha value is -2.38. The van der Waals surface area contributed by atoms with Gasteiger partial charge >= 0.3 is 0 Å². The van der Waals surface area contributed by atoms with Gasteiger partial charge < -0.3 is 19.3 Å². The minimum Gasteiger partial charge on any atom is -0.492 e. The average Bonchev–Trinajstić information content (AvgIpc) is 3.29. The van der Waals surface area contributed by atoms with E-state index < -0.39 is 6.10 Å². The highest BCUT2D eigenvalue weighted by Gasteiger charge is 2.35. The summed E-state index contributed by atoms with van der Waals surface area (Å²) >= 11 is 0. The number of hydrogen-bond acceptors (Lipinski definition) is 5. The van der Waals surface area contributed by atoms with Crippen LogP contribution in [0.2, 0.25) is 0 Å². The van der Waals surface area contributed by atoms with Gasteiger partial charge in [0.2, 0.25) is 0 Å². The summed E-state index contributed by atoms with van der Waals surface area (Å²) in [4.78, 5) is 21.5. The van der Waals surface area contributed by atoms with Gasteiger partial charge in [-0.2, -0.15) is 0 Å². The molecule has 1 N–H and O–H groups in total. The molecular weight excluding hydrogens is 404 g/mol. The monoisotopic (exact) mass is 440 g/mol. The van der Waals surface area contributed by atoms with Crippen molar-refractivity contribution in [2.24, 2.45) is 0 Å². The zero-order valence-corrected chi connectivity index (χ0v) is 19.1. The first kappa shape index (κ1) is 22.8. The third-order valence-corrected chi connectivity index (χ3v) is 6.99. The number of likely N-dealkylation sites (tertiary alicyclic amines) is 1. The number of likely N-dealkylation sites (N-methyl/N-ethyl adjacent to an activating group) is 1. The van der Waals surface area contributed by atoms with Gasteiger partial charge in [0.05, 0.1) is 24.5 Å². The number of aromatic nitrogens is 2. The van der Waals surface area contributed by atoms with E-state index in [1.807, 2.05) is 35.0 Å². The van der Waals surface area contributed by atoms with Crippen molar-refractivity contribution in [2.45, 2.75) is 63.1 Å². The van der Waals surface area contributed by atoms with Crippen molar-refractivity contribution in [1.29, 1.82) is 0 Å². The van der Waals surface area contributed by atoms with Crippen molar-refractivity contribution >= 4 is 5.91 Å². The summed E-state index contributed by atoms with van der Waals surface area (Å²) in [7, 11) is 1.80. The van der Waals surface area contributed by atoms with Crippen molar-refractivity contribution in [3.63, 3.8) is 0 Å². The van der Waals surface area contributed by atoms with Crippen LogP contribution < -0.4 is 4.74 Å². The molecule has 1 aliphatic heterocycles. The molecule has 2 heterocycles. The van der Waals surface area contributed by atoms with Crippen LogP contribution in [0, 0.1) is 0 Å². The second-order valence-electron chi connectivity index (χ2n) is 9.11. The molecule has 2 aliphatic rings. The molecule has 7 heteroatoms. The van der Waals surface area contributed by atoms with Crippen molar-refractivity contribution in [1.82, 2.24) is 19.4 Å². The summed E-state index contributed by atoms with van der Waals surface area (Å²) in [5.41, 5.74) is 0.617. The van der Waals surface area contributed by atoms with Gasteiger partial charge in [0, 0.05) is 31.5 Å². The van der Waals surface area contributed by atoms with Crippen LogP contribution in [0.1, 0.15) is 61.3 Å². The van der Waals surface area contributed by atoms with Crippen molar-refractivity contribution < 1.29 is 14.6 Å². The molecule has 0 radical (unpaired) electrons. The lowest BCUT2D eigenvalue weighted by Crippen LogP contribution is -2.47. The number of aliphatic hydroxyl groups is 1. The van der Waals surface area contributed by atoms with Crippen LogP contribution in [0.15, 0.2) is 43.0 Å². The van der Waals surface area contributed by atoms with Crippen molar-refractivity contribution in [3.05, 3.63) is 48.5 Å². The Morgan fingerprint density at radius 3 is 2.59 bits per heavy atom. The maximum absolute atomic E-state index is 13.2. The Balaban J connectivity index is 1.34. The van der Waals surface area contributed by atoms with Crippen LogP contribution in [-0.4, -0.2) is 75.8 Å². The van der Waals surface area contributed by atoms with Crippen LogP contribution in [0.5, 0.6) is 5.75 Å². The topological polar surface area (TPSA) is 70.8 Å². The number of ether oxygens (including phenoxy) is 1. The number of aliphatic hydroxyl groups excluding tert-OH is 1. The Kier molecular flexibility index (Phi) is 7.81. The SMILES string of the molecule is CN(C(=O)c1ccc(OCCN2CCCCC2)cc1)[C@@H]1CCCC[C@@H](n2ccnc2)[C@@H]1O. The summed E-state index contributed by atoms with van der Waals surface area (Å²) in [5, 5.41) is 11.1. The molecule has 0 spiro atoms. The smallest absolute Gasteiger partial charge is 0.253 e. The lowest BCUT2D eigenvalue weighted by atomic mass is 9.99. The van der Waals surface area contributed by atoms with E-state index in [-0.39, 0.29) is 18.0 Å². The normalized spacial score (nSPS) is 24.6. The molecule has 1 aromatic heterocycles. The number of piperidine rings is 1.